The van der Waals surface area contributed by atoms with Crippen LogP contribution in [0.25, 0.3) is 0 Å². The SMILES string of the molecule is N#Cc1ccc(O)c(C#CCCN)c1. The molecule has 0 atom stereocenters. The number of rotatable bonds is 1. The lowest BCUT2D eigenvalue weighted by Gasteiger charge is -1.96. The molecule has 1 aromatic rings. The minimum absolute atomic E-state index is 0.0912. The zero-order chi connectivity index (χ0) is 10.4. The van der Waals surface area contributed by atoms with Gasteiger partial charge in [0, 0.05) is 13.0 Å². The Morgan fingerprint density at radius 3 is 2.86 bits per heavy atom. The lowest BCUT2D eigenvalue weighted by Crippen LogP contribution is -1.95. The average Bonchev–Trinajstić information content (AvgIpc) is 2.21. The van der Waals surface area contributed by atoms with Crippen LogP contribution >= 0.6 is 0 Å². The van der Waals surface area contributed by atoms with Crippen LogP contribution in [0.4, 0.5) is 0 Å². The van der Waals surface area contributed by atoms with Crippen LogP contribution in [0.15, 0.2) is 18.2 Å². The highest BCUT2D eigenvalue weighted by molar-refractivity contribution is 5.49. The molecule has 0 saturated heterocycles. The van der Waals surface area contributed by atoms with Gasteiger partial charge in [-0.1, -0.05) is 11.8 Å². The molecule has 1 aromatic carbocycles. The Hall–Kier alpha value is -1.97. The van der Waals surface area contributed by atoms with Gasteiger partial charge >= 0.3 is 0 Å². The molecule has 0 spiro atoms. The van der Waals surface area contributed by atoms with Crippen LogP contribution in [0.3, 0.4) is 0 Å². The average molecular weight is 186 g/mol. The number of nitriles is 1. The summed E-state index contributed by atoms with van der Waals surface area (Å²) in [4.78, 5) is 0. The Morgan fingerprint density at radius 2 is 2.21 bits per heavy atom. The molecule has 70 valence electrons. The van der Waals surface area contributed by atoms with Crippen molar-refractivity contribution >= 4 is 0 Å². The van der Waals surface area contributed by atoms with Gasteiger partial charge in [0.1, 0.15) is 5.75 Å². The maximum absolute atomic E-state index is 9.39. The summed E-state index contributed by atoms with van der Waals surface area (Å²) in [7, 11) is 0. The molecule has 0 heterocycles. The molecule has 0 unspecified atom stereocenters. The molecule has 0 radical (unpaired) electrons. The van der Waals surface area contributed by atoms with Crippen LogP contribution in [0.2, 0.25) is 0 Å². The van der Waals surface area contributed by atoms with E-state index in [1.807, 2.05) is 6.07 Å². The van der Waals surface area contributed by atoms with Crippen molar-refractivity contribution in [3.05, 3.63) is 29.3 Å². The smallest absolute Gasteiger partial charge is 0.131 e. The normalized spacial score (nSPS) is 8.57. The van der Waals surface area contributed by atoms with Crippen LogP contribution in [0, 0.1) is 23.2 Å². The number of nitrogens with zero attached hydrogens (tertiary/aromatic N) is 1. The molecular formula is C11H10N2O. The summed E-state index contributed by atoms with van der Waals surface area (Å²) in [6.07, 6.45) is 0.580. The molecule has 0 aromatic heterocycles. The molecule has 0 amide bonds. The maximum atomic E-state index is 9.39. The number of phenols is 1. The Bertz CT molecular complexity index is 421. The van der Waals surface area contributed by atoms with E-state index in [-0.39, 0.29) is 5.75 Å². The maximum Gasteiger partial charge on any atom is 0.131 e. The van der Waals surface area contributed by atoms with Gasteiger partial charge in [-0.05, 0) is 18.2 Å². The van der Waals surface area contributed by atoms with Crippen LogP contribution in [-0.4, -0.2) is 11.7 Å². The summed E-state index contributed by atoms with van der Waals surface area (Å²) < 4.78 is 0. The van der Waals surface area contributed by atoms with E-state index in [0.29, 0.717) is 24.1 Å². The molecule has 0 bridgehead atoms. The van der Waals surface area contributed by atoms with E-state index in [1.165, 1.54) is 6.07 Å². The van der Waals surface area contributed by atoms with Gasteiger partial charge in [-0.2, -0.15) is 5.26 Å². The number of hydrogen-bond acceptors (Lipinski definition) is 3. The Labute approximate surface area is 82.8 Å². The summed E-state index contributed by atoms with van der Waals surface area (Å²) >= 11 is 0. The van der Waals surface area contributed by atoms with Gasteiger partial charge in [0.05, 0.1) is 17.2 Å². The largest absolute Gasteiger partial charge is 0.507 e. The quantitative estimate of drug-likeness (QED) is 0.642. The van der Waals surface area contributed by atoms with Gasteiger partial charge in [0.25, 0.3) is 0 Å². The highest BCUT2D eigenvalue weighted by atomic mass is 16.3. The first-order chi connectivity index (χ1) is 6.77. The van der Waals surface area contributed by atoms with Crippen molar-refractivity contribution < 1.29 is 5.11 Å². The molecule has 14 heavy (non-hydrogen) atoms. The number of phenolic OH excluding ortho intramolecular Hbond substituents is 1. The van der Waals surface area contributed by atoms with E-state index in [9.17, 15) is 5.11 Å². The third-order valence-corrected chi connectivity index (χ3v) is 1.62. The van der Waals surface area contributed by atoms with Crippen LogP contribution in [-0.2, 0) is 0 Å². The highest BCUT2D eigenvalue weighted by Gasteiger charge is 1.98. The van der Waals surface area contributed by atoms with Crippen molar-refractivity contribution in [2.24, 2.45) is 5.73 Å². The van der Waals surface area contributed by atoms with Crippen LogP contribution in [0.1, 0.15) is 17.5 Å². The van der Waals surface area contributed by atoms with Gasteiger partial charge in [0.2, 0.25) is 0 Å². The van der Waals surface area contributed by atoms with Gasteiger partial charge in [-0.15, -0.1) is 0 Å². The zero-order valence-electron chi connectivity index (χ0n) is 7.62. The van der Waals surface area contributed by atoms with Gasteiger partial charge in [0.15, 0.2) is 0 Å². The number of hydrogen-bond donors (Lipinski definition) is 2. The molecule has 0 aliphatic rings. The second-order valence-corrected chi connectivity index (χ2v) is 2.68. The standard InChI is InChI=1S/C11H10N2O/c12-6-2-1-3-10-7-9(8-13)4-5-11(10)14/h4-5,7,14H,2,6,12H2. The third kappa shape index (κ3) is 2.52. The number of nitrogens with two attached hydrogens (primary N) is 1. The van der Waals surface area contributed by atoms with Gasteiger partial charge in [-0.3, -0.25) is 0 Å². The molecule has 3 nitrogen and oxygen atoms in total. The minimum Gasteiger partial charge on any atom is -0.507 e. The summed E-state index contributed by atoms with van der Waals surface area (Å²) in [6.45, 7) is 0.492. The van der Waals surface area contributed by atoms with E-state index in [1.54, 1.807) is 12.1 Å². The molecule has 0 fully saturated rings. The van der Waals surface area contributed by atoms with Crippen LogP contribution < -0.4 is 5.73 Å². The fraction of sp³-hybridized carbons (Fsp3) is 0.182. The molecule has 3 heteroatoms. The van der Waals surface area contributed by atoms with E-state index in [2.05, 4.69) is 11.8 Å². The van der Waals surface area contributed by atoms with Gasteiger partial charge in [-0.25, -0.2) is 0 Å². The summed E-state index contributed by atoms with van der Waals surface area (Å²) in [5, 5.41) is 18.0. The zero-order valence-corrected chi connectivity index (χ0v) is 7.62. The molecule has 1 rings (SSSR count). The summed E-state index contributed by atoms with van der Waals surface area (Å²) in [6, 6.07) is 6.54. The van der Waals surface area contributed by atoms with E-state index in [4.69, 9.17) is 11.0 Å². The lowest BCUT2D eigenvalue weighted by molar-refractivity contribution is 0.473. The van der Waals surface area contributed by atoms with Crippen LogP contribution in [0.5, 0.6) is 5.75 Å². The monoisotopic (exact) mass is 186 g/mol. The second kappa shape index (κ2) is 4.91. The van der Waals surface area contributed by atoms with Crippen molar-refractivity contribution in [2.45, 2.75) is 6.42 Å². The van der Waals surface area contributed by atoms with Crippen molar-refractivity contribution in [1.82, 2.24) is 0 Å². The fourth-order valence-corrected chi connectivity index (χ4v) is 0.936. The number of benzene rings is 1. The molecule has 0 saturated carbocycles. The first-order valence-corrected chi connectivity index (χ1v) is 4.20. The lowest BCUT2D eigenvalue weighted by atomic mass is 10.1. The third-order valence-electron chi connectivity index (χ3n) is 1.62. The first-order valence-electron chi connectivity index (χ1n) is 4.20. The Morgan fingerprint density at radius 1 is 1.43 bits per heavy atom. The van der Waals surface area contributed by atoms with Crippen molar-refractivity contribution in [3.8, 4) is 23.7 Å². The van der Waals surface area contributed by atoms with Crippen molar-refractivity contribution in [2.75, 3.05) is 6.54 Å². The number of aromatic hydroxyl groups is 1. The van der Waals surface area contributed by atoms with E-state index >= 15 is 0 Å². The van der Waals surface area contributed by atoms with E-state index in [0.717, 1.165) is 0 Å². The first kappa shape index (κ1) is 10.1. The Balaban J connectivity index is 2.98. The minimum atomic E-state index is 0.0912. The predicted molar refractivity (Wildman–Crippen MR) is 53.4 cm³/mol. The van der Waals surface area contributed by atoms with E-state index < -0.39 is 0 Å². The predicted octanol–water partition coefficient (Wildman–Crippen LogP) is 0.964. The topological polar surface area (TPSA) is 70.0 Å². The van der Waals surface area contributed by atoms with Crippen molar-refractivity contribution in [1.29, 1.82) is 5.26 Å². The molecule has 0 aliphatic heterocycles. The van der Waals surface area contributed by atoms with Gasteiger partial charge < -0.3 is 10.8 Å². The summed E-state index contributed by atoms with van der Waals surface area (Å²) in [5.41, 5.74) is 6.23. The van der Waals surface area contributed by atoms with Crippen molar-refractivity contribution in [3.63, 3.8) is 0 Å². The molecule has 3 N–H and O–H groups in total. The Kier molecular flexibility index (Phi) is 3.55. The summed E-state index contributed by atoms with van der Waals surface area (Å²) in [5.74, 6) is 5.65. The second-order valence-electron chi connectivity index (χ2n) is 2.68. The molecule has 0 aliphatic carbocycles. The highest BCUT2D eigenvalue weighted by Crippen LogP contribution is 2.16. The molecular weight excluding hydrogens is 176 g/mol. The fourth-order valence-electron chi connectivity index (χ4n) is 0.936.